The highest BCUT2D eigenvalue weighted by molar-refractivity contribution is 5.89. The van der Waals surface area contributed by atoms with Crippen LogP contribution >= 0.6 is 0 Å². The van der Waals surface area contributed by atoms with Crippen molar-refractivity contribution in [2.45, 2.75) is 19.3 Å². The molecule has 0 heterocycles. The zero-order valence-corrected chi connectivity index (χ0v) is 9.66. The summed E-state index contributed by atoms with van der Waals surface area (Å²) in [4.78, 5) is 22.1. The van der Waals surface area contributed by atoms with Crippen LogP contribution in [-0.2, 0) is 15.0 Å². The third kappa shape index (κ3) is 3.27. The minimum Gasteiger partial charge on any atom is -0.480 e. The Kier molecular flexibility index (Phi) is 3.83. The average Bonchev–Trinajstić information content (AvgIpc) is 2.25. The summed E-state index contributed by atoms with van der Waals surface area (Å²) in [6, 6.07) is 5.69. The van der Waals surface area contributed by atoms with E-state index >= 15 is 0 Å². The van der Waals surface area contributed by atoms with E-state index in [0.717, 1.165) is 0 Å². The summed E-state index contributed by atoms with van der Waals surface area (Å²) in [5, 5.41) is 10.7. The average molecular weight is 239 g/mol. The van der Waals surface area contributed by atoms with E-state index in [0.29, 0.717) is 5.56 Å². The van der Waals surface area contributed by atoms with Gasteiger partial charge in [-0.05, 0) is 31.5 Å². The summed E-state index contributed by atoms with van der Waals surface area (Å²) in [6.07, 6.45) is 0. The number of carbonyl (C=O) groups excluding carboxylic acids is 1. The number of carboxylic acid groups (broad SMARTS) is 1. The second kappa shape index (κ2) is 4.95. The lowest BCUT2D eigenvalue weighted by Crippen LogP contribution is -2.42. The first-order chi connectivity index (χ1) is 7.84. The molecule has 0 aliphatic heterocycles. The van der Waals surface area contributed by atoms with Crippen LogP contribution in [0.2, 0.25) is 0 Å². The van der Waals surface area contributed by atoms with Gasteiger partial charge in [0.05, 0.1) is 5.41 Å². The summed E-state index contributed by atoms with van der Waals surface area (Å²) in [5.41, 5.74) is -0.474. The predicted octanol–water partition coefficient (Wildman–Crippen LogP) is 1.30. The number of hydrogen-bond donors (Lipinski definition) is 2. The summed E-state index contributed by atoms with van der Waals surface area (Å²) in [5.74, 6) is -2.00. The van der Waals surface area contributed by atoms with Crippen molar-refractivity contribution in [2.24, 2.45) is 0 Å². The third-order valence-corrected chi connectivity index (χ3v) is 2.51. The number of nitrogens with one attached hydrogen (secondary N) is 1. The van der Waals surface area contributed by atoms with Gasteiger partial charge in [-0.3, -0.25) is 9.59 Å². The monoisotopic (exact) mass is 239 g/mol. The third-order valence-electron chi connectivity index (χ3n) is 2.51. The molecule has 0 atom stereocenters. The lowest BCUT2D eigenvalue weighted by Gasteiger charge is -2.23. The fourth-order valence-electron chi connectivity index (χ4n) is 1.39. The smallest absolute Gasteiger partial charge is 0.322 e. The molecule has 0 spiro atoms. The molecule has 1 aromatic rings. The molecular weight excluding hydrogens is 225 g/mol. The van der Waals surface area contributed by atoms with Gasteiger partial charge in [0.25, 0.3) is 0 Å². The summed E-state index contributed by atoms with van der Waals surface area (Å²) in [6.45, 7) is 2.77. The first-order valence-corrected chi connectivity index (χ1v) is 5.10. The van der Waals surface area contributed by atoms with E-state index < -0.39 is 29.7 Å². The predicted molar refractivity (Wildman–Crippen MR) is 60.1 cm³/mol. The molecule has 2 N–H and O–H groups in total. The number of hydrogen-bond acceptors (Lipinski definition) is 2. The Morgan fingerprint density at radius 1 is 1.41 bits per heavy atom. The van der Waals surface area contributed by atoms with Gasteiger partial charge in [-0.1, -0.05) is 12.1 Å². The van der Waals surface area contributed by atoms with E-state index in [-0.39, 0.29) is 0 Å². The van der Waals surface area contributed by atoms with Crippen molar-refractivity contribution in [3.05, 3.63) is 35.6 Å². The Morgan fingerprint density at radius 3 is 2.59 bits per heavy atom. The van der Waals surface area contributed by atoms with E-state index in [2.05, 4.69) is 5.32 Å². The molecule has 0 fully saturated rings. The van der Waals surface area contributed by atoms with Crippen LogP contribution in [-0.4, -0.2) is 23.5 Å². The molecule has 0 saturated heterocycles. The summed E-state index contributed by atoms with van der Waals surface area (Å²) >= 11 is 0. The van der Waals surface area contributed by atoms with Crippen molar-refractivity contribution < 1.29 is 19.1 Å². The lowest BCUT2D eigenvalue weighted by molar-refractivity contribution is -0.138. The Balaban J connectivity index is 2.86. The number of carbonyl (C=O) groups is 2. The SMILES string of the molecule is CC(C)(C(=O)NCC(=O)O)c1cccc(F)c1. The molecule has 0 aliphatic rings. The van der Waals surface area contributed by atoms with Crippen LogP contribution in [0.3, 0.4) is 0 Å². The van der Waals surface area contributed by atoms with Gasteiger partial charge in [0.15, 0.2) is 0 Å². The first kappa shape index (κ1) is 13.2. The highest BCUT2D eigenvalue weighted by Gasteiger charge is 2.30. The zero-order chi connectivity index (χ0) is 13.1. The van der Waals surface area contributed by atoms with Crippen molar-refractivity contribution in [2.75, 3.05) is 6.54 Å². The molecule has 1 rings (SSSR count). The number of amides is 1. The van der Waals surface area contributed by atoms with Crippen molar-refractivity contribution in [3.8, 4) is 0 Å². The maximum absolute atomic E-state index is 13.0. The summed E-state index contributed by atoms with van der Waals surface area (Å²) < 4.78 is 13.0. The topological polar surface area (TPSA) is 66.4 Å². The number of benzene rings is 1. The molecule has 1 aromatic carbocycles. The van der Waals surface area contributed by atoms with Crippen molar-refractivity contribution in [1.82, 2.24) is 5.32 Å². The molecule has 0 saturated carbocycles. The number of carboxylic acids is 1. The Labute approximate surface area is 98.5 Å². The van der Waals surface area contributed by atoms with Crippen LogP contribution in [0.25, 0.3) is 0 Å². The number of rotatable bonds is 4. The molecule has 0 unspecified atom stereocenters. The minimum atomic E-state index is -1.12. The minimum absolute atomic E-state index is 0.429. The van der Waals surface area contributed by atoms with Crippen LogP contribution < -0.4 is 5.32 Å². The lowest BCUT2D eigenvalue weighted by atomic mass is 9.83. The van der Waals surface area contributed by atoms with E-state index in [1.54, 1.807) is 19.9 Å². The second-order valence-corrected chi connectivity index (χ2v) is 4.21. The standard InChI is InChI=1S/C12H14FNO3/c1-12(2,11(17)14-7-10(15)16)8-4-3-5-9(13)6-8/h3-6H,7H2,1-2H3,(H,14,17)(H,15,16). The van der Waals surface area contributed by atoms with Crippen molar-refractivity contribution in [1.29, 1.82) is 0 Å². The number of halogens is 1. The Bertz CT molecular complexity index is 443. The first-order valence-electron chi connectivity index (χ1n) is 5.10. The zero-order valence-electron chi connectivity index (χ0n) is 9.66. The van der Waals surface area contributed by atoms with E-state index in [1.807, 2.05) is 0 Å². The maximum Gasteiger partial charge on any atom is 0.322 e. The van der Waals surface area contributed by atoms with Crippen LogP contribution in [0.4, 0.5) is 4.39 Å². The fraction of sp³-hybridized carbons (Fsp3) is 0.333. The van der Waals surface area contributed by atoms with Crippen molar-refractivity contribution in [3.63, 3.8) is 0 Å². The molecule has 0 aliphatic carbocycles. The van der Waals surface area contributed by atoms with Gasteiger partial charge < -0.3 is 10.4 Å². The largest absolute Gasteiger partial charge is 0.480 e. The van der Waals surface area contributed by atoms with Gasteiger partial charge >= 0.3 is 5.97 Å². The molecule has 0 radical (unpaired) electrons. The fourth-order valence-corrected chi connectivity index (χ4v) is 1.39. The molecule has 0 bridgehead atoms. The number of aliphatic carboxylic acids is 1. The van der Waals surface area contributed by atoms with Gasteiger partial charge in [-0.2, -0.15) is 0 Å². The van der Waals surface area contributed by atoms with Crippen LogP contribution in [0.5, 0.6) is 0 Å². The van der Waals surface area contributed by atoms with Gasteiger partial charge in [-0.15, -0.1) is 0 Å². The summed E-state index contributed by atoms with van der Waals surface area (Å²) in [7, 11) is 0. The van der Waals surface area contributed by atoms with Crippen LogP contribution in [0.15, 0.2) is 24.3 Å². The van der Waals surface area contributed by atoms with Crippen molar-refractivity contribution >= 4 is 11.9 Å². The molecule has 17 heavy (non-hydrogen) atoms. The van der Waals surface area contributed by atoms with E-state index in [4.69, 9.17) is 5.11 Å². The Hall–Kier alpha value is -1.91. The molecule has 0 aromatic heterocycles. The van der Waals surface area contributed by atoms with E-state index in [9.17, 15) is 14.0 Å². The second-order valence-electron chi connectivity index (χ2n) is 4.21. The van der Waals surface area contributed by atoms with Gasteiger partial charge in [0.2, 0.25) is 5.91 Å². The van der Waals surface area contributed by atoms with E-state index in [1.165, 1.54) is 18.2 Å². The molecule has 92 valence electrons. The molecular formula is C12H14FNO3. The molecule has 1 amide bonds. The van der Waals surface area contributed by atoms with Gasteiger partial charge in [0.1, 0.15) is 12.4 Å². The normalized spacial score (nSPS) is 11.0. The highest BCUT2D eigenvalue weighted by Crippen LogP contribution is 2.23. The Morgan fingerprint density at radius 2 is 2.06 bits per heavy atom. The van der Waals surface area contributed by atoms with Crippen LogP contribution in [0, 0.1) is 5.82 Å². The van der Waals surface area contributed by atoms with Crippen LogP contribution in [0.1, 0.15) is 19.4 Å². The highest BCUT2D eigenvalue weighted by atomic mass is 19.1. The van der Waals surface area contributed by atoms with Gasteiger partial charge in [0, 0.05) is 0 Å². The molecule has 4 nitrogen and oxygen atoms in total. The molecule has 5 heteroatoms. The maximum atomic E-state index is 13.0. The van der Waals surface area contributed by atoms with Gasteiger partial charge in [-0.25, -0.2) is 4.39 Å². The quantitative estimate of drug-likeness (QED) is 0.832.